The number of hydrogen-bond acceptors (Lipinski definition) is 4. The van der Waals surface area contributed by atoms with Crippen molar-refractivity contribution in [2.75, 3.05) is 6.61 Å². The van der Waals surface area contributed by atoms with Crippen LogP contribution in [0.3, 0.4) is 0 Å². The summed E-state index contributed by atoms with van der Waals surface area (Å²) in [4.78, 5) is 0. The highest BCUT2D eigenvalue weighted by molar-refractivity contribution is 5.51. The molecular formula is C13H19N5O. The molecule has 102 valence electrons. The van der Waals surface area contributed by atoms with E-state index >= 15 is 0 Å². The molecule has 0 saturated carbocycles. The van der Waals surface area contributed by atoms with E-state index in [1.165, 1.54) is 0 Å². The summed E-state index contributed by atoms with van der Waals surface area (Å²) < 4.78 is 4.09. The van der Waals surface area contributed by atoms with Gasteiger partial charge in [0.25, 0.3) is 0 Å². The number of aromatic nitrogens is 5. The lowest BCUT2D eigenvalue weighted by molar-refractivity contribution is 0.191. The van der Waals surface area contributed by atoms with E-state index in [2.05, 4.69) is 26.8 Å². The van der Waals surface area contributed by atoms with Crippen LogP contribution in [0.5, 0.6) is 0 Å². The number of aryl methyl sites for hydroxylation is 3. The Bertz CT molecular complexity index is 586. The topological polar surface area (TPSA) is 68.8 Å². The van der Waals surface area contributed by atoms with Gasteiger partial charge < -0.3 is 9.67 Å². The molecule has 0 amide bonds. The van der Waals surface area contributed by atoms with Crippen LogP contribution < -0.4 is 0 Å². The van der Waals surface area contributed by atoms with Crippen molar-refractivity contribution in [2.24, 2.45) is 5.92 Å². The molecule has 0 radical (unpaired) electrons. The maximum atomic E-state index is 9.35. The van der Waals surface area contributed by atoms with E-state index in [1.807, 2.05) is 17.7 Å². The molecule has 1 atom stereocenters. The Morgan fingerprint density at radius 2 is 2.26 bits per heavy atom. The Morgan fingerprint density at radius 3 is 3.00 bits per heavy atom. The number of fused-ring (bicyclic) bond motifs is 1. The van der Waals surface area contributed by atoms with E-state index in [-0.39, 0.29) is 6.61 Å². The third-order valence-corrected chi connectivity index (χ3v) is 3.73. The van der Waals surface area contributed by atoms with Gasteiger partial charge in [-0.3, -0.25) is 4.68 Å². The molecule has 0 aliphatic carbocycles. The lowest BCUT2D eigenvalue weighted by Gasteiger charge is -2.22. The quantitative estimate of drug-likeness (QED) is 0.895. The highest BCUT2D eigenvalue weighted by Gasteiger charge is 2.24. The molecule has 3 rings (SSSR count). The van der Waals surface area contributed by atoms with E-state index in [4.69, 9.17) is 0 Å². The number of aliphatic hydroxyl groups is 1. The third kappa shape index (κ3) is 2.06. The second kappa shape index (κ2) is 4.77. The number of hydrogen-bond donors (Lipinski definition) is 1. The van der Waals surface area contributed by atoms with Gasteiger partial charge in [-0.15, -0.1) is 10.2 Å². The van der Waals surface area contributed by atoms with Crippen molar-refractivity contribution in [2.45, 2.75) is 39.8 Å². The molecule has 0 aromatic carbocycles. The Balaban J connectivity index is 2.04. The fourth-order valence-electron chi connectivity index (χ4n) is 2.70. The van der Waals surface area contributed by atoms with Gasteiger partial charge >= 0.3 is 0 Å². The van der Waals surface area contributed by atoms with E-state index < -0.39 is 0 Å². The highest BCUT2D eigenvalue weighted by atomic mass is 16.3. The maximum Gasteiger partial charge on any atom is 0.182 e. The zero-order valence-electron chi connectivity index (χ0n) is 11.4. The Morgan fingerprint density at radius 1 is 1.42 bits per heavy atom. The molecule has 1 aliphatic rings. The van der Waals surface area contributed by atoms with Crippen molar-refractivity contribution in [3.63, 3.8) is 0 Å². The molecule has 0 spiro atoms. The molecule has 0 bridgehead atoms. The normalized spacial score (nSPS) is 18.6. The average molecular weight is 261 g/mol. The Hall–Kier alpha value is -1.69. The van der Waals surface area contributed by atoms with Crippen molar-refractivity contribution in [3.05, 3.63) is 17.6 Å². The van der Waals surface area contributed by atoms with Gasteiger partial charge in [-0.2, -0.15) is 5.10 Å². The monoisotopic (exact) mass is 261 g/mol. The first kappa shape index (κ1) is 12.3. The molecular weight excluding hydrogens is 242 g/mol. The molecule has 3 heterocycles. The van der Waals surface area contributed by atoms with E-state index in [0.717, 1.165) is 49.0 Å². The van der Waals surface area contributed by atoms with Crippen LogP contribution >= 0.6 is 0 Å². The van der Waals surface area contributed by atoms with Crippen LogP contribution in [0.15, 0.2) is 6.07 Å². The van der Waals surface area contributed by atoms with Crippen molar-refractivity contribution < 1.29 is 5.11 Å². The fraction of sp³-hybridized carbons (Fsp3) is 0.615. The summed E-state index contributed by atoms with van der Waals surface area (Å²) in [6.07, 6.45) is 1.87. The zero-order valence-corrected chi connectivity index (χ0v) is 11.4. The number of rotatable bonds is 3. The van der Waals surface area contributed by atoms with Crippen molar-refractivity contribution in [3.8, 4) is 11.5 Å². The average Bonchev–Trinajstić information content (AvgIpc) is 3.00. The predicted octanol–water partition coefficient (Wildman–Crippen LogP) is 1.02. The van der Waals surface area contributed by atoms with Crippen LogP contribution in [0.25, 0.3) is 11.5 Å². The summed E-state index contributed by atoms with van der Waals surface area (Å²) in [6.45, 7) is 5.89. The molecule has 6 heteroatoms. The lowest BCUT2D eigenvalue weighted by Crippen LogP contribution is -2.23. The molecule has 1 N–H and O–H groups in total. The van der Waals surface area contributed by atoms with E-state index in [1.54, 1.807) is 0 Å². The smallest absolute Gasteiger partial charge is 0.182 e. The van der Waals surface area contributed by atoms with Crippen LogP contribution in [0.2, 0.25) is 0 Å². The molecule has 2 aromatic rings. The van der Waals surface area contributed by atoms with Crippen LogP contribution in [0.1, 0.15) is 24.9 Å². The first-order chi connectivity index (χ1) is 9.22. The summed E-state index contributed by atoms with van der Waals surface area (Å²) in [5.74, 6) is 2.19. The first-order valence-electron chi connectivity index (χ1n) is 6.80. The fourth-order valence-corrected chi connectivity index (χ4v) is 2.70. The van der Waals surface area contributed by atoms with Crippen LogP contribution in [-0.4, -0.2) is 36.3 Å². The van der Waals surface area contributed by atoms with E-state index in [9.17, 15) is 5.11 Å². The molecule has 0 fully saturated rings. The van der Waals surface area contributed by atoms with Gasteiger partial charge in [-0.25, -0.2) is 0 Å². The van der Waals surface area contributed by atoms with E-state index in [0.29, 0.717) is 5.92 Å². The summed E-state index contributed by atoms with van der Waals surface area (Å²) >= 11 is 0. The van der Waals surface area contributed by atoms with Crippen LogP contribution in [0.4, 0.5) is 0 Å². The minimum absolute atomic E-state index is 0.225. The Kier molecular flexibility index (Phi) is 3.10. The second-order valence-corrected chi connectivity index (χ2v) is 5.12. The second-order valence-electron chi connectivity index (χ2n) is 5.12. The Labute approximate surface area is 112 Å². The molecule has 1 unspecified atom stereocenters. The molecule has 0 saturated heterocycles. The summed E-state index contributed by atoms with van der Waals surface area (Å²) in [5, 5.41) is 22.4. The zero-order chi connectivity index (χ0) is 13.4. The van der Waals surface area contributed by atoms with Crippen molar-refractivity contribution in [1.82, 2.24) is 24.5 Å². The van der Waals surface area contributed by atoms with Gasteiger partial charge in [0.1, 0.15) is 11.5 Å². The first-order valence-corrected chi connectivity index (χ1v) is 6.80. The number of aliphatic hydroxyl groups excluding tert-OH is 1. The highest BCUT2D eigenvalue weighted by Crippen LogP contribution is 2.26. The van der Waals surface area contributed by atoms with Gasteiger partial charge in [-0.05, 0) is 26.3 Å². The minimum Gasteiger partial charge on any atom is -0.396 e. The molecule has 6 nitrogen and oxygen atoms in total. The van der Waals surface area contributed by atoms with Gasteiger partial charge in [0.15, 0.2) is 5.82 Å². The van der Waals surface area contributed by atoms with Gasteiger partial charge in [0, 0.05) is 32.0 Å². The van der Waals surface area contributed by atoms with Crippen molar-refractivity contribution in [1.29, 1.82) is 0 Å². The molecule has 1 aliphatic heterocycles. The predicted molar refractivity (Wildman–Crippen MR) is 70.6 cm³/mol. The lowest BCUT2D eigenvalue weighted by atomic mass is 10.0. The van der Waals surface area contributed by atoms with Gasteiger partial charge in [0.2, 0.25) is 0 Å². The van der Waals surface area contributed by atoms with Gasteiger partial charge in [-0.1, -0.05) is 0 Å². The number of nitrogens with zero attached hydrogens (tertiary/aromatic N) is 5. The molecule has 19 heavy (non-hydrogen) atoms. The van der Waals surface area contributed by atoms with Crippen LogP contribution in [-0.2, 0) is 19.5 Å². The minimum atomic E-state index is 0.225. The van der Waals surface area contributed by atoms with Crippen molar-refractivity contribution >= 4 is 0 Å². The van der Waals surface area contributed by atoms with Crippen LogP contribution in [0, 0.1) is 12.8 Å². The SMILES string of the molecule is CCn1nc(C)cc1-c1nnc2n1CC(CO)CC2. The standard InChI is InChI=1S/C13H19N5O/c1-3-18-11(6-9(2)16-18)13-15-14-12-5-4-10(8-19)7-17(12)13/h6,10,19H,3-5,7-8H2,1-2H3. The third-order valence-electron chi connectivity index (χ3n) is 3.73. The largest absolute Gasteiger partial charge is 0.396 e. The summed E-state index contributed by atoms with van der Waals surface area (Å²) in [7, 11) is 0. The summed E-state index contributed by atoms with van der Waals surface area (Å²) in [6, 6.07) is 2.04. The maximum absolute atomic E-state index is 9.35. The molecule has 2 aromatic heterocycles. The van der Waals surface area contributed by atoms with Gasteiger partial charge in [0.05, 0.1) is 5.69 Å². The summed E-state index contributed by atoms with van der Waals surface area (Å²) in [5.41, 5.74) is 2.00.